The van der Waals surface area contributed by atoms with Crippen molar-refractivity contribution >= 4 is 17.3 Å². The van der Waals surface area contributed by atoms with Crippen LogP contribution in [0.4, 0.5) is 15.8 Å². The lowest BCUT2D eigenvalue weighted by Crippen LogP contribution is -2.30. The van der Waals surface area contributed by atoms with Gasteiger partial charge in [0.15, 0.2) is 0 Å². The van der Waals surface area contributed by atoms with E-state index in [2.05, 4.69) is 0 Å². The van der Waals surface area contributed by atoms with Crippen LogP contribution < -0.4 is 10.6 Å². The van der Waals surface area contributed by atoms with E-state index in [-0.39, 0.29) is 11.3 Å². The van der Waals surface area contributed by atoms with E-state index in [0.717, 1.165) is 12.1 Å². The summed E-state index contributed by atoms with van der Waals surface area (Å²) < 4.78 is 13.0. The van der Waals surface area contributed by atoms with Crippen molar-refractivity contribution in [2.24, 2.45) is 0 Å². The minimum absolute atomic E-state index is 0.0516. The zero-order valence-electron chi connectivity index (χ0n) is 11.0. The predicted molar refractivity (Wildman–Crippen MR) is 76.3 cm³/mol. The first-order valence-corrected chi connectivity index (χ1v) is 6.19. The Morgan fingerprint density at radius 3 is 2.65 bits per heavy atom. The maximum absolute atomic E-state index is 13.0. The van der Waals surface area contributed by atoms with Crippen molar-refractivity contribution in [3.63, 3.8) is 0 Å². The van der Waals surface area contributed by atoms with E-state index in [4.69, 9.17) is 5.73 Å². The van der Waals surface area contributed by atoms with Gasteiger partial charge in [-0.15, -0.1) is 0 Å². The molecule has 0 bridgehead atoms. The summed E-state index contributed by atoms with van der Waals surface area (Å²) in [6, 6.07) is 10.2. The standard InChI is InChI=1S/C15H15FN2O2/c1-2-18(12-5-3-4-11(17)9-12)15(20)13-7-6-10(16)8-14(13)19/h3-9,19H,2,17H2,1H3. The van der Waals surface area contributed by atoms with Crippen molar-refractivity contribution in [2.75, 3.05) is 17.2 Å². The summed E-state index contributed by atoms with van der Waals surface area (Å²) in [7, 11) is 0. The van der Waals surface area contributed by atoms with Crippen LogP contribution in [0.1, 0.15) is 17.3 Å². The molecule has 0 unspecified atom stereocenters. The number of anilines is 2. The van der Waals surface area contributed by atoms with Gasteiger partial charge >= 0.3 is 0 Å². The maximum Gasteiger partial charge on any atom is 0.262 e. The molecular formula is C15H15FN2O2. The van der Waals surface area contributed by atoms with Crippen molar-refractivity contribution in [1.29, 1.82) is 0 Å². The molecule has 0 fully saturated rings. The van der Waals surface area contributed by atoms with E-state index in [1.165, 1.54) is 11.0 Å². The highest BCUT2D eigenvalue weighted by molar-refractivity contribution is 6.07. The van der Waals surface area contributed by atoms with Gasteiger partial charge in [0, 0.05) is 24.0 Å². The number of halogens is 1. The lowest BCUT2D eigenvalue weighted by molar-refractivity contribution is 0.0985. The molecule has 0 spiro atoms. The molecule has 3 N–H and O–H groups in total. The largest absolute Gasteiger partial charge is 0.507 e. The van der Waals surface area contributed by atoms with E-state index in [0.29, 0.717) is 17.9 Å². The van der Waals surface area contributed by atoms with Crippen LogP contribution in [0.5, 0.6) is 5.75 Å². The van der Waals surface area contributed by atoms with Crippen LogP contribution in [-0.4, -0.2) is 17.6 Å². The van der Waals surface area contributed by atoms with Crippen LogP contribution in [0, 0.1) is 5.82 Å². The van der Waals surface area contributed by atoms with Gasteiger partial charge in [-0.3, -0.25) is 4.79 Å². The van der Waals surface area contributed by atoms with Gasteiger partial charge in [0.1, 0.15) is 11.6 Å². The highest BCUT2D eigenvalue weighted by atomic mass is 19.1. The second-order valence-corrected chi connectivity index (χ2v) is 4.31. The zero-order chi connectivity index (χ0) is 14.7. The Morgan fingerprint density at radius 2 is 2.05 bits per heavy atom. The van der Waals surface area contributed by atoms with Gasteiger partial charge in [0.25, 0.3) is 5.91 Å². The molecule has 0 aliphatic heterocycles. The number of carbonyl (C=O) groups is 1. The second-order valence-electron chi connectivity index (χ2n) is 4.31. The Balaban J connectivity index is 2.39. The number of nitrogens with zero attached hydrogens (tertiary/aromatic N) is 1. The van der Waals surface area contributed by atoms with Crippen molar-refractivity contribution in [3.05, 3.63) is 53.8 Å². The number of carbonyl (C=O) groups excluding carboxylic acids is 1. The molecule has 2 aromatic carbocycles. The normalized spacial score (nSPS) is 10.3. The number of phenols is 1. The van der Waals surface area contributed by atoms with Gasteiger partial charge in [-0.1, -0.05) is 6.07 Å². The average molecular weight is 274 g/mol. The molecule has 0 aliphatic carbocycles. The van der Waals surface area contributed by atoms with E-state index < -0.39 is 11.7 Å². The van der Waals surface area contributed by atoms with Gasteiger partial charge in [-0.2, -0.15) is 0 Å². The number of hydrogen-bond acceptors (Lipinski definition) is 3. The first kappa shape index (κ1) is 13.9. The molecule has 0 heterocycles. The van der Waals surface area contributed by atoms with Crippen LogP contribution >= 0.6 is 0 Å². The number of hydrogen-bond donors (Lipinski definition) is 2. The molecule has 0 aliphatic rings. The Bertz CT molecular complexity index is 644. The molecule has 20 heavy (non-hydrogen) atoms. The summed E-state index contributed by atoms with van der Waals surface area (Å²) in [5.41, 5.74) is 6.92. The first-order chi connectivity index (χ1) is 9.52. The number of phenolic OH excluding ortho intramolecular Hbond substituents is 1. The predicted octanol–water partition coefficient (Wildman–Crippen LogP) is 2.78. The fourth-order valence-electron chi connectivity index (χ4n) is 1.97. The third-order valence-corrected chi connectivity index (χ3v) is 2.93. The van der Waals surface area contributed by atoms with Crippen molar-refractivity contribution in [3.8, 4) is 5.75 Å². The van der Waals surface area contributed by atoms with E-state index in [1.807, 2.05) is 6.92 Å². The van der Waals surface area contributed by atoms with Crippen LogP contribution in [-0.2, 0) is 0 Å². The van der Waals surface area contributed by atoms with Gasteiger partial charge in [-0.05, 0) is 37.3 Å². The average Bonchev–Trinajstić information content (AvgIpc) is 2.39. The summed E-state index contributed by atoms with van der Waals surface area (Å²) >= 11 is 0. The molecule has 5 heteroatoms. The van der Waals surface area contributed by atoms with Crippen LogP contribution in [0.2, 0.25) is 0 Å². The molecule has 4 nitrogen and oxygen atoms in total. The number of nitrogen functional groups attached to an aromatic ring is 1. The minimum atomic E-state index is -0.592. The number of aromatic hydroxyl groups is 1. The third kappa shape index (κ3) is 2.71. The number of nitrogens with two attached hydrogens (primary N) is 1. The Kier molecular flexibility index (Phi) is 3.89. The summed E-state index contributed by atoms with van der Waals surface area (Å²) in [6.07, 6.45) is 0. The topological polar surface area (TPSA) is 66.6 Å². The summed E-state index contributed by atoms with van der Waals surface area (Å²) in [6.45, 7) is 2.21. The highest BCUT2D eigenvalue weighted by Crippen LogP contribution is 2.24. The quantitative estimate of drug-likeness (QED) is 0.846. The Labute approximate surface area is 116 Å². The fraction of sp³-hybridized carbons (Fsp3) is 0.133. The van der Waals surface area contributed by atoms with Crippen molar-refractivity contribution in [1.82, 2.24) is 0 Å². The highest BCUT2D eigenvalue weighted by Gasteiger charge is 2.19. The van der Waals surface area contributed by atoms with Crippen LogP contribution in [0.15, 0.2) is 42.5 Å². The summed E-state index contributed by atoms with van der Waals surface area (Å²) in [5, 5.41) is 9.70. The van der Waals surface area contributed by atoms with Crippen LogP contribution in [0.25, 0.3) is 0 Å². The van der Waals surface area contributed by atoms with E-state index in [1.54, 1.807) is 24.3 Å². The van der Waals surface area contributed by atoms with E-state index in [9.17, 15) is 14.3 Å². The summed E-state index contributed by atoms with van der Waals surface area (Å²) in [5.74, 6) is -1.38. The molecular weight excluding hydrogens is 259 g/mol. The number of amides is 1. The minimum Gasteiger partial charge on any atom is -0.507 e. The van der Waals surface area contributed by atoms with Crippen molar-refractivity contribution in [2.45, 2.75) is 6.92 Å². The van der Waals surface area contributed by atoms with Gasteiger partial charge in [0.05, 0.1) is 5.56 Å². The Morgan fingerprint density at radius 1 is 1.30 bits per heavy atom. The summed E-state index contributed by atoms with van der Waals surface area (Å²) in [4.78, 5) is 13.9. The SMILES string of the molecule is CCN(C(=O)c1ccc(F)cc1O)c1cccc(N)c1. The molecule has 0 saturated heterocycles. The molecule has 0 atom stereocenters. The maximum atomic E-state index is 13.0. The Hall–Kier alpha value is -2.56. The van der Waals surface area contributed by atoms with Gasteiger partial charge < -0.3 is 15.7 Å². The molecule has 0 saturated carbocycles. The molecule has 104 valence electrons. The number of rotatable bonds is 3. The fourth-order valence-corrected chi connectivity index (χ4v) is 1.97. The second kappa shape index (κ2) is 5.61. The molecule has 2 rings (SSSR count). The first-order valence-electron chi connectivity index (χ1n) is 6.19. The lowest BCUT2D eigenvalue weighted by Gasteiger charge is -2.21. The molecule has 0 aromatic heterocycles. The monoisotopic (exact) mass is 274 g/mol. The smallest absolute Gasteiger partial charge is 0.262 e. The third-order valence-electron chi connectivity index (χ3n) is 2.93. The number of benzene rings is 2. The van der Waals surface area contributed by atoms with Crippen LogP contribution in [0.3, 0.4) is 0 Å². The molecule has 2 aromatic rings. The zero-order valence-corrected chi connectivity index (χ0v) is 11.0. The molecule has 1 amide bonds. The van der Waals surface area contributed by atoms with Gasteiger partial charge in [0.2, 0.25) is 0 Å². The van der Waals surface area contributed by atoms with Crippen molar-refractivity contribution < 1.29 is 14.3 Å². The van der Waals surface area contributed by atoms with Gasteiger partial charge in [-0.25, -0.2) is 4.39 Å². The lowest BCUT2D eigenvalue weighted by atomic mass is 10.1. The van der Waals surface area contributed by atoms with E-state index >= 15 is 0 Å². The molecule has 0 radical (unpaired) electrons.